The number of nitrogens with one attached hydrogen (secondary N) is 1. The van der Waals surface area contributed by atoms with Crippen LogP contribution in [0.15, 0.2) is 48.9 Å². The van der Waals surface area contributed by atoms with E-state index in [4.69, 9.17) is 11.6 Å². The maximum atomic E-state index is 14.0. The van der Waals surface area contributed by atoms with Gasteiger partial charge < -0.3 is 4.98 Å². The molecule has 11 heteroatoms. The van der Waals surface area contributed by atoms with Gasteiger partial charge in [-0.05, 0) is 30.3 Å². The first-order valence-electron chi connectivity index (χ1n) is 8.29. The van der Waals surface area contributed by atoms with Crippen molar-refractivity contribution in [2.24, 2.45) is 0 Å². The highest BCUT2D eigenvalue weighted by atomic mass is 35.5. The Labute approximate surface area is 169 Å². The van der Waals surface area contributed by atoms with Gasteiger partial charge in [0.25, 0.3) is 0 Å². The van der Waals surface area contributed by atoms with Gasteiger partial charge in [-0.2, -0.15) is 26.3 Å². The number of rotatable bonds is 2. The Hall–Kier alpha value is -3.14. The summed E-state index contributed by atoms with van der Waals surface area (Å²) in [6.45, 7) is 0. The number of aromatic nitrogens is 4. The van der Waals surface area contributed by atoms with E-state index in [1.807, 2.05) is 0 Å². The van der Waals surface area contributed by atoms with Crippen LogP contribution in [-0.4, -0.2) is 19.9 Å². The van der Waals surface area contributed by atoms with Gasteiger partial charge in [0.15, 0.2) is 0 Å². The van der Waals surface area contributed by atoms with Crippen molar-refractivity contribution in [3.8, 4) is 22.6 Å². The summed E-state index contributed by atoms with van der Waals surface area (Å²) in [4.78, 5) is 14.2. The number of imidazole rings is 1. The molecule has 0 saturated carbocycles. The summed E-state index contributed by atoms with van der Waals surface area (Å²) in [5, 5.41) is -0.336. The van der Waals surface area contributed by atoms with Crippen molar-refractivity contribution < 1.29 is 26.3 Å². The van der Waals surface area contributed by atoms with Crippen molar-refractivity contribution in [3.63, 3.8) is 0 Å². The SMILES string of the molecule is FC(F)(F)c1cc(Cl)c2nc(-c3ccnc(-c4cccnc4)c3C(F)(F)F)[nH]c2c1. The van der Waals surface area contributed by atoms with Crippen LogP contribution in [0.25, 0.3) is 33.7 Å². The molecule has 4 nitrogen and oxygen atoms in total. The van der Waals surface area contributed by atoms with Crippen LogP contribution in [0.4, 0.5) is 26.3 Å². The highest BCUT2D eigenvalue weighted by Crippen LogP contribution is 2.42. The number of alkyl halides is 6. The Bertz CT molecular complexity index is 1230. The van der Waals surface area contributed by atoms with E-state index < -0.39 is 23.5 Å². The van der Waals surface area contributed by atoms with Crippen LogP contribution in [0.5, 0.6) is 0 Å². The maximum Gasteiger partial charge on any atom is 0.419 e. The first-order chi connectivity index (χ1) is 14.1. The summed E-state index contributed by atoms with van der Waals surface area (Å²) < 4.78 is 81.0. The van der Waals surface area contributed by atoms with Crippen LogP contribution in [0.1, 0.15) is 11.1 Å². The highest BCUT2D eigenvalue weighted by Gasteiger charge is 2.39. The number of halogens is 7. The highest BCUT2D eigenvalue weighted by molar-refractivity contribution is 6.35. The summed E-state index contributed by atoms with van der Waals surface area (Å²) in [5.41, 5.74) is -2.99. The van der Waals surface area contributed by atoms with Gasteiger partial charge in [0.2, 0.25) is 0 Å². The lowest BCUT2D eigenvalue weighted by Gasteiger charge is -2.15. The van der Waals surface area contributed by atoms with Crippen LogP contribution in [0.3, 0.4) is 0 Å². The minimum absolute atomic E-state index is 0.0764. The fourth-order valence-electron chi connectivity index (χ4n) is 3.03. The Morgan fingerprint density at radius 1 is 0.933 bits per heavy atom. The molecule has 0 aliphatic rings. The second-order valence-corrected chi connectivity index (χ2v) is 6.67. The lowest BCUT2D eigenvalue weighted by molar-refractivity contribution is -0.138. The fourth-order valence-corrected chi connectivity index (χ4v) is 3.30. The Kier molecular flexibility index (Phi) is 4.69. The minimum atomic E-state index is -4.82. The molecule has 0 bridgehead atoms. The average molecular weight is 443 g/mol. The number of pyridine rings is 2. The van der Waals surface area contributed by atoms with Gasteiger partial charge in [0.1, 0.15) is 11.3 Å². The molecular formula is C19H9ClF6N4. The van der Waals surface area contributed by atoms with Crippen molar-refractivity contribution >= 4 is 22.6 Å². The van der Waals surface area contributed by atoms with Crippen LogP contribution in [0, 0.1) is 0 Å². The molecule has 154 valence electrons. The molecule has 0 aliphatic heterocycles. The van der Waals surface area contributed by atoms with Crippen molar-refractivity contribution in [1.29, 1.82) is 0 Å². The first kappa shape index (κ1) is 20.1. The third-order valence-electron chi connectivity index (χ3n) is 4.29. The molecule has 30 heavy (non-hydrogen) atoms. The van der Waals surface area contributed by atoms with Gasteiger partial charge in [-0.25, -0.2) is 4.98 Å². The quantitative estimate of drug-likeness (QED) is 0.367. The lowest BCUT2D eigenvalue weighted by Crippen LogP contribution is -2.11. The Morgan fingerprint density at radius 3 is 2.33 bits per heavy atom. The molecule has 3 aromatic heterocycles. The topological polar surface area (TPSA) is 54.5 Å². The molecule has 0 aliphatic carbocycles. The summed E-state index contributed by atoms with van der Waals surface area (Å²) in [6.07, 6.45) is -5.71. The van der Waals surface area contributed by atoms with E-state index in [0.29, 0.717) is 6.07 Å². The molecular weight excluding hydrogens is 434 g/mol. The number of hydrogen-bond donors (Lipinski definition) is 1. The van der Waals surface area contributed by atoms with Gasteiger partial charge in [-0.3, -0.25) is 9.97 Å². The number of nitrogens with zero attached hydrogens (tertiary/aromatic N) is 3. The third kappa shape index (κ3) is 3.58. The summed E-state index contributed by atoms with van der Waals surface area (Å²) >= 11 is 5.90. The summed E-state index contributed by atoms with van der Waals surface area (Å²) in [6, 6.07) is 5.38. The zero-order valence-corrected chi connectivity index (χ0v) is 15.4. The first-order valence-corrected chi connectivity index (χ1v) is 8.67. The van der Waals surface area contributed by atoms with Crippen LogP contribution < -0.4 is 0 Å². The molecule has 0 spiro atoms. The van der Waals surface area contributed by atoms with Gasteiger partial charge in [0.05, 0.1) is 27.4 Å². The van der Waals surface area contributed by atoms with E-state index in [0.717, 1.165) is 18.3 Å². The standard InChI is InChI=1S/C19H9ClF6N4/c20-12-6-10(18(21,22)23)7-13-16(12)30-17(29-13)11-3-5-28-15(14(11)19(24,25)26)9-2-1-4-27-8-9/h1-8H,(H,29,30). The number of H-pyrrole nitrogens is 1. The third-order valence-corrected chi connectivity index (χ3v) is 4.58. The van der Waals surface area contributed by atoms with E-state index in [1.54, 1.807) is 0 Å². The zero-order valence-electron chi connectivity index (χ0n) is 14.6. The Morgan fingerprint density at radius 2 is 1.70 bits per heavy atom. The molecule has 0 fully saturated rings. The normalized spacial score (nSPS) is 12.5. The van der Waals surface area contributed by atoms with Gasteiger partial charge in [-0.15, -0.1) is 0 Å². The van der Waals surface area contributed by atoms with Crippen molar-refractivity contribution in [3.05, 3.63) is 65.1 Å². The number of benzene rings is 1. The molecule has 0 radical (unpaired) electrons. The molecule has 1 N–H and O–H groups in total. The van der Waals surface area contributed by atoms with Crippen molar-refractivity contribution in [2.75, 3.05) is 0 Å². The van der Waals surface area contributed by atoms with Crippen LogP contribution in [-0.2, 0) is 12.4 Å². The second kappa shape index (κ2) is 6.98. The van der Waals surface area contributed by atoms with E-state index in [1.165, 1.54) is 24.5 Å². The number of hydrogen-bond acceptors (Lipinski definition) is 3. The molecule has 0 unspecified atom stereocenters. The largest absolute Gasteiger partial charge is 0.419 e. The summed E-state index contributed by atoms with van der Waals surface area (Å²) in [7, 11) is 0. The predicted molar refractivity (Wildman–Crippen MR) is 97.6 cm³/mol. The maximum absolute atomic E-state index is 14.0. The molecule has 0 amide bonds. The Balaban J connectivity index is 1.97. The van der Waals surface area contributed by atoms with Gasteiger partial charge >= 0.3 is 12.4 Å². The molecule has 0 saturated heterocycles. The predicted octanol–water partition coefficient (Wildman–Crippen LogP) is 6.38. The molecule has 4 rings (SSSR count). The molecule has 4 aromatic rings. The smallest absolute Gasteiger partial charge is 0.338 e. The molecule has 0 atom stereocenters. The monoisotopic (exact) mass is 442 g/mol. The second-order valence-electron chi connectivity index (χ2n) is 6.26. The van der Waals surface area contributed by atoms with Crippen molar-refractivity contribution in [2.45, 2.75) is 12.4 Å². The van der Waals surface area contributed by atoms with E-state index >= 15 is 0 Å². The zero-order chi connectivity index (χ0) is 21.7. The summed E-state index contributed by atoms with van der Waals surface area (Å²) in [5.74, 6) is -0.286. The van der Waals surface area contributed by atoms with E-state index in [9.17, 15) is 26.3 Å². The number of aromatic amines is 1. The number of fused-ring (bicyclic) bond motifs is 1. The van der Waals surface area contributed by atoms with Crippen LogP contribution in [0.2, 0.25) is 5.02 Å². The minimum Gasteiger partial charge on any atom is -0.338 e. The van der Waals surface area contributed by atoms with Gasteiger partial charge in [0, 0.05) is 29.7 Å². The molecule has 1 aromatic carbocycles. The van der Waals surface area contributed by atoms with E-state index in [-0.39, 0.29) is 38.7 Å². The molecule has 3 heterocycles. The van der Waals surface area contributed by atoms with Gasteiger partial charge in [-0.1, -0.05) is 11.6 Å². The van der Waals surface area contributed by atoms with E-state index in [2.05, 4.69) is 19.9 Å². The van der Waals surface area contributed by atoms with Crippen LogP contribution >= 0.6 is 11.6 Å². The average Bonchev–Trinajstić information content (AvgIpc) is 3.11. The fraction of sp³-hybridized carbons (Fsp3) is 0.105. The van der Waals surface area contributed by atoms with Crippen molar-refractivity contribution in [1.82, 2.24) is 19.9 Å². The lowest BCUT2D eigenvalue weighted by atomic mass is 10.0.